The molecule has 3 rings (SSSR count). The lowest BCUT2D eigenvalue weighted by Crippen LogP contribution is -2.63. The highest BCUT2D eigenvalue weighted by Gasteiger charge is 2.67. The van der Waals surface area contributed by atoms with Crippen molar-refractivity contribution in [2.24, 2.45) is 16.9 Å². The second-order valence-corrected chi connectivity index (χ2v) is 8.86. The maximum atomic E-state index is 14.2. The summed E-state index contributed by atoms with van der Waals surface area (Å²) < 4.78 is 10.6. The minimum Gasteiger partial charge on any atom is -0.468 e. The third kappa shape index (κ3) is 3.96. The summed E-state index contributed by atoms with van der Waals surface area (Å²) in [6.07, 6.45) is 1.66. The molecule has 175 valence electrons. The Bertz CT molecular complexity index is 989. The molecule has 4 N–H and O–H groups in total. The molecule has 0 amide bonds. The molecule has 1 aliphatic carbocycles. The van der Waals surface area contributed by atoms with Gasteiger partial charge in [0, 0.05) is 5.92 Å². The minimum atomic E-state index is -1.94. The Morgan fingerprint density at radius 3 is 2.06 bits per heavy atom. The number of carbonyl (C=O) groups excluding carboxylic acids is 3. The highest BCUT2D eigenvalue weighted by molar-refractivity contribution is 6.10. The molecule has 2 aromatic carbocycles. The van der Waals surface area contributed by atoms with E-state index in [9.17, 15) is 14.4 Å². The molecule has 0 bridgehead atoms. The molecular formula is C26H31N2O5. The second kappa shape index (κ2) is 9.85. The summed E-state index contributed by atoms with van der Waals surface area (Å²) >= 11 is 0. The first-order valence-electron chi connectivity index (χ1n) is 11.1. The van der Waals surface area contributed by atoms with E-state index >= 15 is 0 Å². The number of hydrogen-bond acceptors (Lipinski definition) is 7. The normalized spacial score (nSPS) is 15.7. The van der Waals surface area contributed by atoms with E-state index in [2.05, 4.69) is 0 Å². The van der Waals surface area contributed by atoms with Gasteiger partial charge in [0.15, 0.2) is 11.2 Å². The number of hydrogen-bond donors (Lipinski definition) is 2. The van der Waals surface area contributed by atoms with E-state index in [1.807, 2.05) is 48.5 Å². The Morgan fingerprint density at radius 2 is 1.58 bits per heavy atom. The summed E-state index contributed by atoms with van der Waals surface area (Å²) in [6, 6.07) is 14.2. The number of rotatable bonds is 11. The second-order valence-electron chi connectivity index (χ2n) is 8.86. The van der Waals surface area contributed by atoms with Gasteiger partial charge < -0.3 is 20.9 Å². The Hall–Kier alpha value is -3.03. The first-order chi connectivity index (χ1) is 15.8. The number of ketones is 1. The molecule has 0 saturated heterocycles. The number of carbonyl (C=O) groups is 2. The molecule has 7 nitrogen and oxygen atoms in total. The van der Waals surface area contributed by atoms with Gasteiger partial charge in [-0.15, -0.1) is 0 Å². The molecule has 0 saturated carbocycles. The fourth-order valence-corrected chi connectivity index (χ4v) is 5.15. The summed E-state index contributed by atoms with van der Waals surface area (Å²) in [5, 5.41) is 0. The maximum Gasteiger partial charge on any atom is 0.418 e. The average Bonchev–Trinajstić information content (AvgIpc) is 3.14. The van der Waals surface area contributed by atoms with E-state index in [4.69, 9.17) is 20.9 Å². The lowest BCUT2D eigenvalue weighted by Gasteiger charge is -2.46. The van der Waals surface area contributed by atoms with Crippen LogP contribution < -0.4 is 11.5 Å². The highest BCUT2D eigenvalue weighted by Crippen LogP contribution is 2.58. The molecule has 1 unspecified atom stereocenters. The van der Waals surface area contributed by atoms with Crippen LogP contribution in [-0.4, -0.2) is 43.5 Å². The van der Waals surface area contributed by atoms with Crippen LogP contribution in [0, 0.1) is 5.41 Å². The summed E-state index contributed by atoms with van der Waals surface area (Å²) in [5.41, 5.74) is 11.8. The van der Waals surface area contributed by atoms with Crippen LogP contribution in [0.25, 0.3) is 11.1 Å². The Kier molecular flexibility index (Phi) is 7.34. The topological polar surface area (TPSA) is 122 Å². The quantitative estimate of drug-likeness (QED) is 0.306. The number of unbranched alkanes of at least 4 members (excludes halogenated alkanes) is 1. The van der Waals surface area contributed by atoms with Gasteiger partial charge in [-0.3, -0.25) is 9.59 Å². The molecule has 0 aliphatic heterocycles. The smallest absolute Gasteiger partial charge is 0.418 e. The van der Waals surface area contributed by atoms with Crippen molar-refractivity contribution in [1.82, 2.24) is 0 Å². The number of benzene rings is 2. The fourth-order valence-electron chi connectivity index (χ4n) is 5.15. The molecule has 0 heterocycles. The van der Waals surface area contributed by atoms with Crippen molar-refractivity contribution in [1.29, 1.82) is 0 Å². The van der Waals surface area contributed by atoms with Gasteiger partial charge in [-0.05, 0) is 55.5 Å². The Morgan fingerprint density at radius 1 is 1.03 bits per heavy atom. The predicted molar refractivity (Wildman–Crippen MR) is 125 cm³/mol. The van der Waals surface area contributed by atoms with Crippen LogP contribution in [0.2, 0.25) is 0 Å². The number of fused-ring (bicyclic) bond motifs is 3. The molecule has 33 heavy (non-hydrogen) atoms. The molecule has 0 fully saturated rings. The van der Waals surface area contributed by atoms with Crippen molar-refractivity contribution in [3.8, 4) is 11.1 Å². The molecule has 0 spiro atoms. The third-order valence-corrected chi connectivity index (χ3v) is 6.72. The molecule has 0 aromatic heterocycles. The van der Waals surface area contributed by atoms with Gasteiger partial charge in [0.1, 0.15) is 5.60 Å². The van der Waals surface area contributed by atoms with Gasteiger partial charge in [-0.2, -0.15) is 0 Å². The Labute approximate surface area is 194 Å². The van der Waals surface area contributed by atoms with Gasteiger partial charge in [0.2, 0.25) is 0 Å². The molecule has 2 atom stereocenters. The SMILES string of the molecule is COC(=O)C(C(=O)[C@@H](N)CCCCN)(C1c2ccccc2-c2ccccc21)C(C)(C)O[C]=O. The van der Waals surface area contributed by atoms with Crippen molar-refractivity contribution < 1.29 is 23.9 Å². The number of ether oxygens (including phenoxy) is 2. The van der Waals surface area contributed by atoms with Gasteiger partial charge in [0.25, 0.3) is 0 Å². The summed E-state index contributed by atoms with van der Waals surface area (Å²) in [7, 11) is 1.22. The lowest BCUT2D eigenvalue weighted by molar-refractivity contribution is -0.175. The number of nitrogens with two attached hydrogens (primary N) is 2. The molecule has 1 aliphatic rings. The van der Waals surface area contributed by atoms with Crippen molar-refractivity contribution in [3.05, 3.63) is 59.7 Å². The number of esters is 1. The summed E-state index contributed by atoms with van der Waals surface area (Å²) in [5.74, 6) is -2.12. The monoisotopic (exact) mass is 451 g/mol. The highest BCUT2D eigenvalue weighted by atomic mass is 16.6. The predicted octanol–water partition coefficient (Wildman–Crippen LogP) is 2.85. The van der Waals surface area contributed by atoms with Crippen LogP contribution in [0.1, 0.15) is 50.2 Å². The number of Topliss-reactive ketones (excluding diaryl/α,β-unsaturated/α-hetero) is 1. The summed E-state index contributed by atoms with van der Waals surface area (Å²) in [6.45, 7) is 4.98. The van der Waals surface area contributed by atoms with Crippen LogP contribution in [0.3, 0.4) is 0 Å². The maximum absolute atomic E-state index is 14.2. The van der Waals surface area contributed by atoms with Gasteiger partial charge >= 0.3 is 12.4 Å². The van der Waals surface area contributed by atoms with E-state index in [0.717, 1.165) is 22.3 Å². The lowest BCUT2D eigenvalue weighted by atomic mass is 9.58. The van der Waals surface area contributed by atoms with Gasteiger partial charge in [0.05, 0.1) is 13.2 Å². The summed E-state index contributed by atoms with van der Waals surface area (Å²) in [4.78, 5) is 39.4. The average molecular weight is 452 g/mol. The zero-order chi connectivity index (χ0) is 24.2. The van der Waals surface area contributed by atoms with E-state index in [1.54, 1.807) is 0 Å². The largest absolute Gasteiger partial charge is 0.468 e. The van der Waals surface area contributed by atoms with E-state index in [0.29, 0.717) is 25.8 Å². The van der Waals surface area contributed by atoms with Crippen LogP contribution in [0.5, 0.6) is 0 Å². The van der Waals surface area contributed by atoms with Gasteiger partial charge in [-0.1, -0.05) is 55.0 Å². The minimum absolute atomic E-state index is 0.339. The van der Waals surface area contributed by atoms with E-state index in [-0.39, 0.29) is 0 Å². The van der Waals surface area contributed by atoms with E-state index in [1.165, 1.54) is 27.4 Å². The fraction of sp³-hybridized carbons (Fsp3) is 0.423. The molecule has 2 aromatic rings. The standard InChI is InChI=1S/C26H31N2O5/c1-25(2,33-16-29)26(24(31)32-3,23(30)21(28)14-8-9-15-27)22-19-12-6-4-10-17(19)18-11-5-7-13-20(18)22/h4-7,10-13,21-22H,8-9,14-15,27-28H2,1-3H3/t21-,26?/m0/s1. The van der Waals surface area contributed by atoms with Crippen LogP contribution in [0.4, 0.5) is 0 Å². The van der Waals surface area contributed by atoms with Crippen molar-refractivity contribution >= 4 is 18.2 Å². The first kappa shape index (κ1) is 24.6. The third-order valence-electron chi connectivity index (χ3n) is 6.72. The number of methoxy groups -OCH3 is 1. The molecule has 7 heteroatoms. The molecule has 1 radical (unpaired) electrons. The van der Waals surface area contributed by atoms with Crippen LogP contribution in [-0.2, 0) is 23.9 Å². The van der Waals surface area contributed by atoms with E-state index < -0.39 is 34.7 Å². The molecular weight excluding hydrogens is 420 g/mol. The Balaban J connectivity index is 2.32. The van der Waals surface area contributed by atoms with Crippen molar-refractivity contribution in [2.45, 2.75) is 50.7 Å². The van der Waals surface area contributed by atoms with Crippen molar-refractivity contribution in [3.63, 3.8) is 0 Å². The van der Waals surface area contributed by atoms with Crippen LogP contribution in [0.15, 0.2) is 48.5 Å². The zero-order valence-electron chi connectivity index (χ0n) is 19.3. The van der Waals surface area contributed by atoms with Crippen molar-refractivity contribution in [2.75, 3.05) is 13.7 Å². The van der Waals surface area contributed by atoms with Gasteiger partial charge in [-0.25, -0.2) is 4.79 Å². The first-order valence-corrected chi connectivity index (χ1v) is 11.1. The van der Waals surface area contributed by atoms with Crippen LogP contribution >= 0.6 is 0 Å². The zero-order valence-corrected chi connectivity index (χ0v) is 19.3.